The molecule has 0 spiro atoms. The van der Waals surface area contributed by atoms with E-state index in [4.69, 9.17) is 0 Å². The van der Waals surface area contributed by atoms with Crippen LogP contribution in [0.5, 0.6) is 0 Å². The van der Waals surface area contributed by atoms with Crippen molar-refractivity contribution in [2.45, 2.75) is 11.3 Å². The summed E-state index contributed by atoms with van der Waals surface area (Å²) in [5, 5.41) is 4.96. The lowest BCUT2D eigenvalue weighted by atomic mass is 10.1. The van der Waals surface area contributed by atoms with Crippen LogP contribution in [0.2, 0.25) is 0 Å². The Kier molecular flexibility index (Phi) is 6.07. The Morgan fingerprint density at radius 2 is 1.81 bits per heavy atom. The minimum Gasteiger partial charge on any atom is -0.325 e. The van der Waals surface area contributed by atoms with Gasteiger partial charge in [0.1, 0.15) is 4.83 Å². The average Bonchev–Trinajstić information content (AvgIpc) is 3.19. The van der Waals surface area contributed by atoms with Gasteiger partial charge in [-0.2, -0.15) is 13.2 Å². The lowest BCUT2D eigenvalue weighted by Crippen LogP contribution is -2.22. The predicted octanol–water partition coefficient (Wildman–Crippen LogP) is 5.41. The van der Waals surface area contributed by atoms with Gasteiger partial charge in [0.05, 0.1) is 22.4 Å². The molecule has 2 aromatic heterocycles. The highest BCUT2D eigenvalue weighted by molar-refractivity contribution is 7.99. The lowest BCUT2D eigenvalue weighted by molar-refractivity contribution is -0.137. The number of aromatic nitrogens is 2. The van der Waals surface area contributed by atoms with Crippen molar-refractivity contribution in [2.24, 2.45) is 7.05 Å². The van der Waals surface area contributed by atoms with Gasteiger partial charge in [0, 0.05) is 18.0 Å². The van der Waals surface area contributed by atoms with Crippen molar-refractivity contribution in [1.29, 1.82) is 0 Å². The molecular formula is C22H16F3N3O2S2. The minimum absolute atomic E-state index is 0.200. The monoisotopic (exact) mass is 475 g/mol. The second kappa shape index (κ2) is 8.79. The highest BCUT2D eigenvalue weighted by atomic mass is 32.2. The molecule has 4 rings (SSSR count). The summed E-state index contributed by atoms with van der Waals surface area (Å²) in [6.45, 7) is 0. The molecule has 0 fully saturated rings. The molecule has 164 valence electrons. The number of carbonyl (C=O) groups is 1. The van der Waals surface area contributed by atoms with Crippen molar-refractivity contribution in [3.05, 3.63) is 75.9 Å². The number of para-hydroxylation sites is 1. The Morgan fingerprint density at radius 3 is 2.53 bits per heavy atom. The number of nitrogens with zero attached hydrogens (tertiary/aromatic N) is 2. The number of amides is 1. The number of nitrogens with one attached hydrogen (secondary N) is 1. The summed E-state index contributed by atoms with van der Waals surface area (Å²) in [5.74, 6) is -0.827. The van der Waals surface area contributed by atoms with Gasteiger partial charge in [-0.25, -0.2) is 4.98 Å². The van der Waals surface area contributed by atoms with Crippen LogP contribution in [0.25, 0.3) is 21.3 Å². The van der Waals surface area contributed by atoms with Crippen LogP contribution in [0.15, 0.2) is 69.9 Å². The van der Waals surface area contributed by atoms with E-state index in [1.807, 2.05) is 35.7 Å². The third kappa shape index (κ3) is 4.42. The summed E-state index contributed by atoms with van der Waals surface area (Å²) < 4.78 is 40.7. The van der Waals surface area contributed by atoms with E-state index >= 15 is 0 Å². The molecule has 0 atom stereocenters. The first-order valence-corrected chi connectivity index (χ1v) is 11.2. The second-order valence-electron chi connectivity index (χ2n) is 6.83. The van der Waals surface area contributed by atoms with Crippen LogP contribution in [-0.4, -0.2) is 21.2 Å². The van der Waals surface area contributed by atoms with Crippen LogP contribution in [-0.2, 0) is 18.0 Å². The highest BCUT2D eigenvalue weighted by Gasteiger charge is 2.33. The third-order valence-corrected chi connectivity index (χ3v) is 6.60. The van der Waals surface area contributed by atoms with E-state index in [2.05, 4.69) is 10.3 Å². The molecule has 0 aliphatic heterocycles. The zero-order chi connectivity index (χ0) is 22.9. The molecule has 0 unspecified atom stereocenters. The van der Waals surface area contributed by atoms with Crippen molar-refractivity contribution < 1.29 is 18.0 Å². The zero-order valence-corrected chi connectivity index (χ0v) is 18.3. The molecule has 1 N–H and O–H groups in total. The summed E-state index contributed by atoms with van der Waals surface area (Å²) >= 11 is 2.31. The normalized spacial score (nSPS) is 11.6. The van der Waals surface area contributed by atoms with Crippen molar-refractivity contribution in [3.63, 3.8) is 0 Å². The van der Waals surface area contributed by atoms with E-state index in [0.29, 0.717) is 15.4 Å². The van der Waals surface area contributed by atoms with Gasteiger partial charge >= 0.3 is 6.18 Å². The average molecular weight is 476 g/mol. The zero-order valence-electron chi connectivity index (χ0n) is 16.6. The molecule has 10 heteroatoms. The van der Waals surface area contributed by atoms with E-state index in [0.717, 1.165) is 29.0 Å². The molecule has 0 saturated carbocycles. The number of halogens is 3. The number of benzene rings is 2. The number of carbonyl (C=O) groups excluding carboxylic acids is 1. The maximum Gasteiger partial charge on any atom is 0.418 e. The minimum atomic E-state index is -4.58. The van der Waals surface area contributed by atoms with Gasteiger partial charge in [-0.05, 0) is 17.7 Å². The number of hydrogen-bond donors (Lipinski definition) is 1. The molecule has 0 saturated heterocycles. The number of thiophene rings is 1. The van der Waals surface area contributed by atoms with Crippen molar-refractivity contribution in [3.8, 4) is 11.1 Å². The first-order chi connectivity index (χ1) is 15.3. The number of thioether (sulfide) groups is 1. The summed E-state index contributed by atoms with van der Waals surface area (Å²) in [4.78, 5) is 30.3. The molecular weight excluding hydrogens is 459 g/mol. The Hall–Kier alpha value is -3.11. The van der Waals surface area contributed by atoms with Crippen LogP contribution in [0, 0.1) is 0 Å². The number of alkyl halides is 3. The first-order valence-electron chi connectivity index (χ1n) is 9.38. The van der Waals surface area contributed by atoms with E-state index in [1.165, 1.54) is 34.1 Å². The number of fused-ring (bicyclic) bond motifs is 1. The van der Waals surface area contributed by atoms with Crippen LogP contribution >= 0.6 is 23.1 Å². The topological polar surface area (TPSA) is 64.0 Å². The summed E-state index contributed by atoms with van der Waals surface area (Å²) in [6.07, 6.45) is -4.58. The first kappa shape index (κ1) is 22.1. The van der Waals surface area contributed by atoms with Gasteiger partial charge in [-0.3, -0.25) is 14.2 Å². The van der Waals surface area contributed by atoms with Crippen LogP contribution in [0.1, 0.15) is 5.56 Å². The fourth-order valence-electron chi connectivity index (χ4n) is 3.17. The van der Waals surface area contributed by atoms with Gasteiger partial charge in [-0.1, -0.05) is 54.2 Å². The predicted molar refractivity (Wildman–Crippen MR) is 121 cm³/mol. The number of rotatable bonds is 5. The van der Waals surface area contributed by atoms with Crippen molar-refractivity contribution in [1.82, 2.24) is 9.55 Å². The van der Waals surface area contributed by atoms with E-state index in [9.17, 15) is 22.8 Å². The van der Waals surface area contributed by atoms with Crippen molar-refractivity contribution in [2.75, 3.05) is 11.1 Å². The Labute approximate surface area is 188 Å². The molecule has 1 amide bonds. The SMILES string of the molecule is Cn1c(SCC(=O)Nc2ccccc2C(F)(F)F)nc2scc(-c3ccccc3)c2c1=O. The molecule has 2 heterocycles. The third-order valence-electron chi connectivity index (χ3n) is 4.70. The molecule has 32 heavy (non-hydrogen) atoms. The summed E-state index contributed by atoms with van der Waals surface area (Å²) in [6, 6.07) is 14.3. The highest BCUT2D eigenvalue weighted by Crippen LogP contribution is 2.35. The lowest BCUT2D eigenvalue weighted by Gasteiger charge is -2.13. The summed E-state index contributed by atoms with van der Waals surface area (Å²) in [5.41, 5.74) is 0.212. The molecule has 0 radical (unpaired) electrons. The van der Waals surface area contributed by atoms with Gasteiger partial charge in [-0.15, -0.1) is 11.3 Å². The summed E-state index contributed by atoms with van der Waals surface area (Å²) in [7, 11) is 1.56. The van der Waals surface area contributed by atoms with E-state index in [-0.39, 0.29) is 17.0 Å². The second-order valence-corrected chi connectivity index (χ2v) is 8.63. The van der Waals surface area contributed by atoms with Crippen LogP contribution in [0.3, 0.4) is 0 Å². The molecule has 5 nitrogen and oxygen atoms in total. The van der Waals surface area contributed by atoms with Crippen molar-refractivity contribution >= 4 is 44.9 Å². The van der Waals surface area contributed by atoms with Gasteiger partial charge in [0.25, 0.3) is 5.56 Å². The molecule has 0 bridgehead atoms. The Morgan fingerprint density at radius 1 is 1.12 bits per heavy atom. The quantitative estimate of drug-likeness (QED) is 0.310. The Bertz CT molecular complexity index is 1350. The number of anilines is 1. The van der Waals surface area contributed by atoms with Crippen LogP contribution < -0.4 is 10.9 Å². The van der Waals surface area contributed by atoms with E-state index in [1.54, 1.807) is 7.05 Å². The standard InChI is InChI=1S/C22H16F3N3O2S2/c1-28-20(30)18-14(13-7-3-2-4-8-13)11-31-19(18)27-21(28)32-12-17(29)26-16-10-6-5-9-15(16)22(23,24)25/h2-11H,12H2,1H3,(H,26,29). The van der Waals surface area contributed by atoms with Gasteiger partial charge in [0.2, 0.25) is 5.91 Å². The fourth-order valence-corrected chi connectivity index (χ4v) is 4.93. The van der Waals surface area contributed by atoms with E-state index < -0.39 is 17.6 Å². The molecule has 0 aliphatic rings. The maximum atomic E-state index is 13.1. The number of hydrogen-bond acceptors (Lipinski definition) is 5. The molecule has 4 aromatic rings. The smallest absolute Gasteiger partial charge is 0.325 e. The maximum absolute atomic E-state index is 13.1. The fraction of sp³-hybridized carbons (Fsp3) is 0.136. The van der Waals surface area contributed by atoms with Gasteiger partial charge in [0.15, 0.2) is 5.16 Å². The molecule has 0 aliphatic carbocycles. The molecule has 2 aromatic carbocycles. The van der Waals surface area contributed by atoms with Crippen LogP contribution in [0.4, 0.5) is 18.9 Å². The van der Waals surface area contributed by atoms with Gasteiger partial charge < -0.3 is 5.32 Å². The largest absolute Gasteiger partial charge is 0.418 e. The Balaban J connectivity index is 1.55.